The van der Waals surface area contributed by atoms with E-state index in [9.17, 15) is 9.90 Å². The van der Waals surface area contributed by atoms with Gasteiger partial charge in [-0.2, -0.15) is 0 Å². The van der Waals surface area contributed by atoms with Gasteiger partial charge in [-0.15, -0.1) is 0 Å². The van der Waals surface area contributed by atoms with Crippen LogP contribution >= 0.6 is 0 Å². The molecule has 0 aliphatic rings. The zero-order valence-corrected chi connectivity index (χ0v) is 7.39. The summed E-state index contributed by atoms with van der Waals surface area (Å²) >= 11 is 0. The van der Waals surface area contributed by atoms with Gasteiger partial charge in [0.25, 0.3) is 0 Å². The molecule has 0 aromatic rings. The minimum atomic E-state index is -0.747. The van der Waals surface area contributed by atoms with Crippen LogP contribution in [0.4, 0.5) is 0 Å². The number of ketones is 1. The second-order valence-electron chi connectivity index (χ2n) is 3.28. The van der Waals surface area contributed by atoms with E-state index in [2.05, 4.69) is 4.74 Å². The second-order valence-corrected chi connectivity index (χ2v) is 3.28. The topological polar surface area (TPSA) is 46.5 Å². The quantitative estimate of drug-likeness (QED) is 0.645. The Kier molecular flexibility index (Phi) is 4.30. The van der Waals surface area contributed by atoms with Crippen molar-refractivity contribution in [1.29, 1.82) is 0 Å². The third kappa shape index (κ3) is 7.49. The molecule has 0 aliphatic heterocycles. The molecule has 0 bridgehead atoms. The molecule has 0 unspecified atom stereocenters. The molecule has 0 radical (unpaired) electrons. The summed E-state index contributed by atoms with van der Waals surface area (Å²) in [6.45, 7) is 3.52. The van der Waals surface area contributed by atoms with E-state index in [-0.39, 0.29) is 12.4 Å². The molecular weight excluding hydrogens is 144 g/mol. The first kappa shape index (κ1) is 10.6. The molecule has 0 atom stereocenters. The number of carbonyl (C=O) groups excluding carboxylic acids is 1. The lowest BCUT2D eigenvalue weighted by Crippen LogP contribution is -2.21. The number of methoxy groups -OCH3 is 1. The number of rotatable bonds is 5. The normalized spacial score (nSPS) is 11.6. The fraction of sp³-hybridized carbons (Fsp3) is 0.875. The highest BCUT2D eigenvalue weighted by Gasteiger charge is 2.14. The molecule has 0 aliphatic carbocycles. The fourth-order valence-electron chi connectivity index (χ4n) is 0.678. The zero-order valence-electron chi connectivity index (χ0n) is 7.39. The minimum Gasteiger partial charge on any atom is -0.390 e. The minimum absolute atomic E-state index is 0.0367. The van der Waals surface area contributed by atoms with Crippen molar-refractivity contribution in [3.05, 3.63) is 0 Å². The third-order valence-electron chi connectivity index (χ3n) is 1.32. The van der Waals surface area contributed by atoms with E-state index in [1.54, 1.807) is 13.8 Å². The number of carbonyl (C=O) groups is 1. The van der Waals surface area contributed by atoms with Crippen molar-refractivity contribution in [3.63, 3.8) is 0 Å². The van der Waals surface area contributed by atoms with E-state index in [0.717, 1.165) is 0 Å². The lowest BCUT2D eigenvalue weighted by molar-refractivity contribution is -0.123. The van der Waals surface area contributed by atoms with Crippen LogP contribution in [0.25, 0.3) is 0 Å². The summed E-state index contributed by atoms with van der Waals surface area (Å²) in [5, 5.41) is 9.24. The Morgan fingerprint density at radius 1 is 1.55 bits per heavy atom. The van der Waals surface area contributed by atoms with E-state index in [4.69, 9.17) is 0 Å². The van der Waals surface area contributed by atoms with Crippen LogP contribution in [0, 0.1) is 0 Å². The summed E-state index contributed by atoms with van der Waals surface area (Å²) in [4.78, 5) is 10.9. The molecule has 11 heavy (non-hydrogen) atoms. The SMILES string of the molecule is COCC(=O)CCC(C)(C)O. The summed E-state index contributed by atoms with van der Waals surface area (Å²) in [6.07, 6.45) is 0.881. The van der Waals surface area contributed by atoms with Crippen molar-refractivity contribution in [2.24, 2.45) is 0 Å². The molecule has 0 rings (SSSR count). The van der Waals surface area contributed by atoms with Gasteiger partial charge < -0.3 is 9.84 Å². The van der Waals surface area contributed by atoms with Gasteiger partial charge in [-0.05, 0) is 20.3 Å². The molecule has 0 aromatic carbocycles. The van der Waals surface area contributed by atoms with E-state index in [1.165, 1.54) is 7.11 Å². The third-order valence-corrected chi connectivity index (χ3v) is 1.32. The number of hydrogen-bond acceptors (Lipinski definition) is 3. The molecule has 0 heterocycles. The first-order valence-electron chi connectivity index (χ1n) is 3.69. The molecule has 0 amide bonds. The maximum Gasteiger partial charge on any atom is 0.158 e. The van der Waals surface area contributed by atoms with Crippen molar-refractivity contribution in [2.45, 2.75) is 32.3 Å². The summed E-state index contributed by atoms with van der Waals surface area (Å²) in [7, 11) is 1.49. The Morgan fingerprint density at radius 2 is 2.09 bits per heavy atom. The maximum atomic E-state index is 10.9. The Morgan fingerprint density at radius 3 is 2.45 bits per heavy atom. The number of Topliss-reactive ketones (excluding diaryl/α,β-unsaturated/α-hetero) is 1. The molecule has 66 valence electrons. The van der Waals surface area contributed by atoms with Crippen LogP contribution in [0.5, 0.6) is 0 Å². The van der Waals surface area contributed by atoms with Crippen LogP contribution in [0.2, 0.25) is 0 Å². The molecular formula is C8H16O3. The highest BCUT2D eigenvalue weighted by Crippen LogP contribution is 2.09. The van der Waals surface area contributed by atoms with Gasteiger partial charge in [-0.25, -0.2) is 0 Å². The van der Waals surface area contributed by atoms with Crippen LogP contribution in [0.1, 0.15) is 26.7 Å². The summed E-state index contributed by atoms with van der Waals surface area (Å²) < 4.78 is 4.64. The summed E-state index contributed by atoms with van der Waals surface area (Å²) in [6, 6.07) is 0. The maximum absolute atomic E-state index is 10.9. The van der Waals surface area contributed by atoms with E-state index in [0.29, 0.717) is 12.8 Å². The number of ether oxygens (including phenoxy) is 1. The van der Waals surface area contributed by atoms with Crippen molar-refractivity contribution < 1.29 is 14.6 Å². The predicted octanol–water partition coefficient (Wildman–Crippen LogP) is 0.753. The Balaban J connectivity index is 3.46. The average Bonchev–Trinajstić information content (AvgIpc) is 1.83. The molecule has 0 fully saturated rings. The first-order chi connectivity index (χ1) is 4.95. The van der Waals surface area contributed by atoms with Gasteiger partial charge in [0.05, 0.1) is 5.60 Å². The van der Waals surface area contributed by atoms with Crippen LogP contribution in [-0.2, 0) is 9.53 Å². The first-order valence-corrected chi connectivity index (χ1v) is 3.69. The molecule has 3 heteroatoms. The molecule has 0 spiro atoms. The zero-order chi connectivity index (χ0) is 8.91. The van der Waals surface area contributed by atoms with Crippen LogP contribution in [-0.4, -0.2) is 30.2 Å². The largest absolute Gasteiger partial charge is 0.390 e. The number of hydrogen-bond donors (Lipinski definition) is 1. The van der Waals surface area contributed by atoms with Gasteiger partial charge in [-0.1, -0.05) is 0 Å². The van der Waals surface area contributed by atoms with E-state index in [1.807, 2.05) is 0 Å². The van der Waals surface area contributed by atoms with Gasteiger partial charge in [0, 0.05) is 13.5 Å². The van der Waals surface area contributed by atoms with Gasteiger partial charge in [-0.3, -0.25) is 4.79 Å². The fourth-order valence-corrected chi connectivity index (χ4v) is 0.678. The number of aliphatic hydroxyl groups is 1. The van der Waals surface area contributed by atoms with Crippen molar-refractivity contribution in [3.8, 4) is 0 Å². The van der Waals surface area contributed by atoms with Gasteiger partial charge in [0.2, 0.25) is 0 Å². The smallest absolute Gasteiger partial charge is 0.158 e. The lowest BCUT2D eigenvalue weighted by Gasteiger charge is -2.15. The Hall–Kier alpha value is -0.410. The monoisotopic (exact) mass is 160 g/mol. The molecule has 0 aromatic heterocycles. The van der Waals surface area contributed by atoms with Crippen molar-refractivity contribution >= 4 is 5.78 Å². The Bertz CT molecular complexity index is 124. The van der Waals surface area contributed by atoms with Crippen LogP contribution in [0.15, 0.2) is 0 Å². The molecule has 0 saturated heterocycles. The van der Waals surface area contributed by atoms with E-state index >= 15 is 0 Å². The van der Waals surface area contributed by atoms with Crippen LogP contribution in [0.3, 0.4) is 0 Å². The van der Waals surface area contributed by atoms with Gasteiger partial charge in [0.1, 0.15) is 6.61 Å². The molecule has 1 N–H and O–H groups in total. The lowest BCUT2D eigenvalue weighted by atomic mass is 10.0. The summed E-state index contributed by atoms with van der Waals surface area (Å²) in [5.74, 6) is 0.0367. The van der Waals surface area contributed by atoms with Gasteiger partial charge >= 0.3 is 0 Å². The van der Waals surface area contributed by atoms with E-state index < -0.39 is 5.60 Å². The van der Waals surface area contributed by atoms with Crippen molar-refractivity contribution in [1.82, 2.24) is 0 Å². The van der Waals surface area contributed by atoms with Crippen molar-refractivity contribution in [2.75, 3.05) is 13.7 Å². The average molecular weight is 160 g/mol. The van der Waals surface area contributed by atoms with Crippen LogP contribution < -0.4 is 0 Å². The summed E-state index contributed by atoms with van der Waals surface area (Å²) in [5.41, 5.74) is -0.747. The molecule has 3 nitrogen and oxygen atoms in total. The highest BCUT2D eigenvalue weighted by molar-refractivity contribution is 5.79. The highest BCUT2D eigenvalue weighted by atomic mass is 16.5. The second kappa shape index (κ2) is 4.46. The predicted molar refractivity (Wildman–Crippen MR) is 42.4 cm³/mol. The van der Waals surface area contributed by atoms with Gasteiger partial charge in [0.15, 0.2) is 5.78 Å². The Labute approximate surface area is 67.4 Å². The molecule has 0 saturated carbocycles. The standard InChI is InChI=1S/C8H16O3/c1-8(2,10)5-4-7(9)6-11-3/h10H,4-6H2,1-3H3.